The van der Waals surface area contributed by atoms with E-state index >= 15 is 0 Å². The number of hydrogen-bond donors (Lipinski definition) is 2. The molecule has 2 N–H and O–H groups in total. The fourth-order valence-electron chi connectivity index (χ4n) is 5.32. The summed E-state index contributed by atoms with van der Waals surface area (Å²) >= 11 is 0. The van der Waals surface area contributed by atoms with Crippen molar-refractivity contribution in [3.8, 4) is 22.4 Å². The molecule has 190 valence electrons. The Bertz CT molecular complexity index is 1910. The van der Waals surface area contributed by atoms with Crippen molar-refractivity contribution >= 4 is 33.8 Å². The number of H-pyrrole nitrogens is 1. The van der Waals surface area contributed by atoms with Crippen LogP contribution in [0.4, 0.5) is 11.6 Å². The topological polar surface area (TPSA) is 101 Å². The van der Waals surface area contributed by atoms with E-state index < -0.39 is 0 Å². The first-order valence-electron chi connectivity index (χ1n) is 13.1. The number of aromatic amines is 1. The zero-order chi connectivity index (χ0) is 26.2. The van der Waals surface area contributed by atoms with Crippen LogP contribution in [0.3, 0.4) is 0 Å². The lowest BCUT2D eigenvalue weighted by atomic mass is 9.92. The molecule has 0 fully saturated rings. The molecule has 7 rings (SSSR count). The fraction of sp³-hybridized carbons (Fsp3) is 0.129. The van der Waals surface area contributed by atoms with Crippen molar-refractivity contribution in [2.75, 3.05) is 5.32 Å². The third-order valence-corrected chi connectivity index (χ3v) is 7.16. The molecule has 0 aliphatic heterocycles. The summed E-state index contributed by atoms with van der Waals surface area (Å²) in [7, 11) is 0. The molecule has 4 aromatic heterocycles. The van der Waals surface area contributed by atoms with E-state index in [1.807, 2.05) is 48.5 Å². The molecule has 6 aromatic rings. The number of fused-ring (bicyclic) bond motifs is 2. The van der Waals surface area contributed by atoms with Gasteiger partial charge in [-0.05, 0) is 55.0 Å². The van der Waals surface area contributed by atoms with Gasteiger partial charge in [-0.1, -0.05) is 48.5 Å². The molecule has 0 saturated carbocycles. The van der Waals surface area contributed by atoms with Gasteiger partial charge in [-0.2, -0.15) is 4.52 Å². The summed E-state index contributed by atoms with van der Waals surface area (Å²) in [5.41, 5.74) is 6.49. The Kier molecular flexibility index (Phi) is 5.70. The van der Waals surface area contributed by atoms with Crippen LogP contribution in [0.5, 0.6) is 0 Å². The molecule has 8 heteroatoms. The van der Waals surface area contributed by atoms with Crippen molar-refractivity contribution in [3.63, 3.8) is 0 Å². The first-order chi connectivity index (χ1) is 19.3. The summed E-state index contributed by atoms with van der Waals surface area (Å²) < 4.78 is 1.58. The Balaban J connectivity index is 1.53. The smallest absolute Gasteiger partial charge is 0.282 e. The summed E-state index contributed by atoms with van der Waals surface area (Å²) in [6.07, 6.45) is 13.1. The highest BCUT2D eigenvalue weighted by Crippen LogP contribution is 2.37. The molecular formula is C31H25N7O. The van der Waals surface area contributed by atoms with Gasteiger partial charge in [0.25, 0.3) is 5.56 Å². The Hall–Kier alpha value is -5.11. The van der Waals surface area contributed by atoms with Crippen LogP contribution in [0.25, 0.3) is 44.5 Å². The van der Waals surface area contributed by atoms with Crippen LogP contribution in [0, 0.1) is 0 Å². The van der Waals surface area contributed by atoms with Crippen molar-refractivity contribution in [3.05, 3.63) is 107 Å². The summed E-state index contributed by atoms with van der Waals surface area (Å²) in [5.74, 6) is 0.940. The van der Waals surface area contributed by atoms with Gasteiger partial charge in [0, 0.05) is 35.1 Å². The number of nitrogens with zero attached hydrogens (tertiary/aromatic N) is 5. The molecule has 1 aliphatic rings. The van der Waals surface area contributed by atoms with Crippen LogP contribution in [-0.4, -0.2) is 29.5 Å². The molecule has 0 unspecified atom stereocenters. The highest BCUT2D eigenvalue weighted by molar-refractivity contribution is 5.91. The van der Waals surface area contributed by atoms with Crippen molar-refractivity contribution in [2.45, 2.75) is 25.7 Å². The number of nitrogens with one attached hydrogen (secondary N) is 2. The van der Waals surface area contributed by atoms with Gasteiger partial charge in [-0.15, -0.1) is 0 Å². The largest absolute Gasteiger partial charge is 0.323 e. The molecule has 0 radical (unpaired) electrons. The lowest BCUT2D eigenvalue weighted by molar-refractivity contribution is 0.742. The number of allylic oxidation sites excluding steroid dienone is 2. The maximum Gasteiger partial charge on any atom is 0.282 e. The Labute approximate surface area is 224 Å². The van der Waals surface area contributed by atoms with Crippen molar-refractivity contribution in [2.24, 2.45) is 0 Å². The minimum Gasteiger partial charge on any atom is -0.323 e. The summed E-state index contributed by atoms with van der Waals surface area (Å²) in [6, 6.07) is 19.8. The normalized spacial score (nSPS) is 13.5. The van der Waals surface area contributed by atoms with E-state index in [1.165, 1.54) is 12.0 Å². The maximum absolute atomic E-state index is 14.3. The van der Waals surface area contributed by atoms with E-state index in [0.29, 0.717) is 22.8 Å². The number of benzene rings is 2. The predicted octanol–water partition coefficient (Wildman–Crippen LogP) is 6.40. The minimum absolute atomic E-state index is 0.200. The minimum atomic E-state index is -0.200. The number of anilines is 2. The van der Waals surface area contributed by atoms with Crippen LogP contribution < -0.4 is 10.9 Å². The third kappa shape index (κ3) is 4.16. The van der Waals surface area contributed by atoms with Crippen LogP contribution in [0.1, 0.15) is 31.2 Å². The van der Waals surface area contributed by atoms with Gasteiger partial charge in [0.1, 0.15) is 11.6 Å². The predicted molar refractivity (Wildman–Crippen MR) is 154 cm³/mol. The molecule has 0 spiro atoms. The molecule has 0 amide bonds. The second kappa shape index (κ2) is 9.64. The van der Waals surface area contributed by atoms with Crippen LogP contribution >= 0.6 is 0 Å². The fourth-order valence-corrected chi connectivity index (χ4v) is 5.32. The monoisotopic (exact) mass is 511 g/mol. The number of hydrogen-bond acceptors (Lipinski definition) is 6. The quantitative estimate of drug-likeness (QED) is 0.278. The molecule has 39 heavy (non-hydrogen) atoms. The van der Waals surface area contributed by atoms with Crippen LogP contribution in [-0.2, 0) is 0 Å². The lowest BCUT2D eigenvalue weighted by Gasteiger charge is -2.15. The van der Waals surface area contributed by atoms with E-state index in [4.69, 9.17) is 4.98 Å². The molecule has 2 aromatic carbocycles. The summed E-state index contributed by atoms with van der Waals surface area (Å²) in [5, 5.41) is 7.64. The highest BCUT2D eigenvalue weighted by atomic mass is 16.1. The first kappa shape index (κ1) is 23.0. The standard InChI is InChI=1S/C31H25N7O/c39-31-27(23-13-14-24-22(18-23)12-7-15-33-24)29(35-25-19-32-16-17-34-25)36-30-26(20-8-3-1-4-9-20)28(37-38(30)31)21-10-5-2-6-11-21/h2,5-8,10-19,37H,1,3-4,9H2,(H,34,35). The Morgan fingerprint density at radius 2 is 1.79 bits per heavy atom. The van der Waals surface area contributed by atoms with Gasteiger partial charge in [-0.25, -0.2) is 9.97 Å². The highest BCUT2D eigenvalue weighted by Gasteiger charge is 2.24. The van der Waals surface area contributed by atoms with Crippen molar-refractivity contribution < 1.29 is 0 Å². The van der Waals surface area contributed by atoms with E-state index in [1.54, 1.807) is 29.3 Å². The maximum atomic E-state index is 14.3. The Morgan fingerprint density at radius 3 is 2.62 bits per heavy atom. The zero-order valence-corrected chi connectivity index (χ0v) is 21.1. The average molecular weight is 512 g/mol. The van der Waals surface area contributed by atoms with Crippen LogP contribution in [0.15, 0.2) is 96.3 Å². The van der Waals surface area contributed by atoms with E-state index in [-0.39, 0.29) is 5.56 Å². The molecule has 0 saturated heterocycles. The van der Waals surface area contributed by atoms with Crippen molar-refractivity contribution in [1.29, 1.82) is 0 Å². The van der Waals surface area contributed by atoms with Crippen LogP contribution in [0.2, 0.25) is 0 Å². The zero-order valence-electron chi connectivity index (χ0n) is 21.1. The molecule has 0 bridgehead atoms. The van der Waals surface area contributed by atoms with E-state index in [2.05, 4.69) is 43.6 Å². The second-order valence-corrected chi connectivity index (χ2v) is 9.63. The number of rotatable bonds is 5. The molecule has 8 nitrogen and oxygen atoms in total. The second-order valence-electron chi connectivity index (χ2n) is 9.63. The van der Waals surface area contributed by atoms with E-state index in [9.17, 15) is 4.79 Å². The lowest BCUT2D eigenvalue weighted by Crippen LogP contribution is -2.20. The molecule has 4 heterocycles. The molecule has 1 aliphatic carbocycles. The number of aromatic nitrogens is 6. The SMILES string of the molecule is O=c1c(-c2ccc3ncccc3c2)c(Nc2cnccn2)nc2c(C3=CCCCC3)c(-c3ccccc3)[nH]n12. The van der Waals surface area contributed by atoms with Gasteiger partial charge in [0.2, 0.25) is 0 Å². The van der Waals surface area contributed by atoms with Gasteiger partial charge >= 0.3 is 0 Å². The van der Waals surface area contributed by atoms with Crippen molar-refractivity contribution in [1.82, 2.24) is 29.5 Å². The average Bonchev–Trinajstić information content (AvgIpc) is 3.38. The molecular weight excluding hydrogens is 486 g/mol. The molecule has 0 atom stereocenters. The Morgan fingerprint density at radius 1 is 0.872 bits per heavy atom. The summed E-state index contributed by atoms with van der Waals surface area (Å²) in [4.78, 5) is 32.4. The van der Waals surface area contributed by atoms with Gasteiger partial charge in [0.15, 0.2) is 5.65 Å². The third-order valence-electron chi connectivity index (χ3n) is 7.16. The van der Waals surface area contributed by atoms with Gasteiger partial charge in [0.05, 0.1) is 23.0 Å². The summed E-state index contributed by atoms with van der Waals surface area (Å²) in [6.45, 7) is 0. The van der Waals surface area contributed by atoms with Gasteiger partial charge < -0.3 is 5.32 Å². The van der Waals surface area contributed by atoms with Gasteiger partial charge in [-0.3, -0.25) is 19.9 Å². The van der Waals surface area contributed by atoms with E-state index in [0.717, 1.165) is 52.5 Å². The number of pyridine rings is 1. The first-order valence-corrected chi connectivity index (χ1v) is 13.1.